The number of anilines is 8. The Balaban J connectivity index is 0.932. The van der Waals surface area contributed by atoms with Gasteiger partial charge in [0.25, 0.3) is 0 Å². The Kier molecular flexibility index (Phi) is 23.9. The standard InChI is InChI=1S/C88H104F8N16O8/c1-113-50-25-9-42(10-26-50)97-59-41-58-60(76(99-44-13-29-52(115-3)30-14-44)75(59)98-43-11-27-51(114-2)28-12-43)82-104-81(58)105-83-61-62(68(90)72(94)71(93)67(61)89)84(106-83)107-85-63-64(70(92)74(96)73(95)69(63)91)86(108-85)110-88-66-65(87(109-82)112(88)111-49-23-39-57(120-8)40-24-49)77(100-45-15-31-53(116-4)32-16-45)79(102-47-19-35-55(118-6)36-20-47)80(103-48-21-37-56(119-7)38-22-48)78(66)101-46-17-33-54(117-5)34-18-46/h9-40,58-88,97-111H,41H2,1-8H3. The summed E-state index contributed by atoms with van der Waals surface area (Å²) in [4.78, 5) is 0. The molecular weight excluding hydrogens is 1560 g/mol. The third kappa shape index (κ3) is 15.9. The number of nitrogens with zero attached hydrogens (tertiary/aromatic N) is 1. The minimum Gasteiger partial charge on any atom is -0.497 e. The van der Waals surface area contributed by atoms with E-state index in [0.717, 1.165) is 11.4 Å². The van der Waals surface area contributed by atoms with Gasteiger partial charge in [-0.15, -0.1) is 0 Å². The SMILES string of the molecule is COc1ccc(NC2CC3C4NC(NC5C6C(Nc7ccc(OC)cc7)C(Nc7ccc(OC)cc7)C(Nc7ccc(OC)cc7)C(Nc7ccc(OC)cc7)C6C(NC6NC(NC7NC(N4)C4C(F)C(F)C(F)C(F)C74)C4C(F)C(F)C(F)C(F)C64)N5Nc4ccc(OC)cc4)C3C(Nc3ccc(OC)cc3)C2Nc2ccc(OC)cc2)cc1. The van der Waals surface area contributed by atoms with Crippen LogP contribution >= 0.6 is 0 Å². The molecule has 0 radical (unpaired) electrons. The molecule has 640 valence electrons. The molecule has 8 aromatic carbocycles. The molecule has 31 unspecified atom stereocenters. The zero-order valence-electron chi connectivity index (χ0n) is 67.3. The Bertz CT molecular complexity index is 4700. The van der Waals surface area contributed by atoms with E-state index in [9.17, 15) is 0 Å². The number of hydrogen-bond donors (Lipinski definition) is 15. The van der Waals surface area contributed by atoms with Gasteiger partial charge in [-0.2, -0.15) is 5.01 Å². The molecule has 0 aromatic heterocycles. The van der Waals surface area contributed by atoms with E-state index in [1.807, 2.05) is 187 Å². The summed E-state index contributed by atoms with van der Waals surface area (Å²) in [6, 6.07) is 55.3. The molecule has 4 aliphatic carbocycles. The van der Waals surface area contributed by atoms with E-state index in [4.69, 9.17) is 37.9 Å². The molecule has 9 aliphatic rings. The lowest BCUT2D eigenvalue weighted by atomic mass is 9.66. The van der Waals surface area contributed by atoms with Gasteiger partial charge >= 0.3 is 0 Å². The maximum atomic E-state index is 18.3. The highest BCUT2D eigenvalue weighted by Crippen LogP contribution is 2.54. The minimum absolute atomic E-state index is 0.315. The smallest absolute Gasteiger partial charge is 0.165 e. The van der Waals surface area contributed by atoms with E-state index in [0.29, 0.717) is 86.5 Å². The van der Waals surface area contributed by atoms with Gasteiger partial charge in [-0.25, -0.2) is 35.1 Å². The predicted molar refractivity (Wildman–Crippen MR) is 445 cm³/mol. The first-order valence-electron chi connectivity index (χ1n) is 40.8. The number of ether oxygens (including phenoxy) is 8. The predicted octanol–water partition coefficient (Wildman–Crippen LogP) is 11.6. The molecule has 0 spiro atoms. The number of benzene rings is 8. The van der Waals surface area contributed by atoms with Gasteiger partial charge in [0.2, 0.25) is 0 Å². The first-order chi connectivity index (χ1) is 58.3. The van der Waals surface area contributed by atoms with Crippen molar-refractivity contribution in [1.82, 2.24) is 42.2 Å². The molecule has 5 aliphatic heterocycles. The molecule has 5 saturated heterocycles. The van der Waals surface area contributed by atoms with E-state index in [-0.39, 0.29) is 0 Å². The molecule has 4 saturated carbocycles. The lowest BCUT2D eigenvalue weighted by molar-refractivity contribution is -0.0875. The van der Waals surface area contributed by atoms with E-state index in [1.54, 1.807) is 69.0 Å². The van der Waals surface area contributed by atoms with Crippen molar-refractivity contribution in [2.75, 3.05) is 99.5 Å². The van der Waals surface area contributed by atoms with E-state index < -0.39 is 188 Å². The second kappa shape index (κ2) is 35.0. The van der Waals surface area contributed by atoms with Gasteiger partial charge in [0.05, 0.1) is 142 Å². The average molecular weight is 1670 g/mol. The van der Waals surface area contributed by atoms with Crippen LogP contribution in [0.15, 0.2) is 194 Å². The van der Waals surface area contributed by atoms with E-state index in [1.165, 1.54) is 0 Å². The van der Waals surface area contributed by atoms with Crippen LogP contribution in [0.1, 0.15) is 6.42 Å². The number of alkyl halides is 8. The van der Waals surface area contributed by atoms with E-state index >= 15 is 35.1 Å². The van der Waals surface area contributed by atoms with Gasteiger partial charge in [-0.3, -0.25) is 37.2 Å². The normalized spacial score (nSPS) is 36.0. The van der Waals surface area contributed by atoms with Gasteiger partial charge in [-0.05, 0) is 206 Å². The maximum Gasteiger partial charge on any atom is 0.165 e. The Morgan fingerprint density at radius 2 is 0.450 bits per heavy atom. The largest absolute Gasteiger partial charge is 0.497 e. The highest BCUT2D eigenvalue weighted by molar-refractivity contribution is 5.60. The Morgan fingerprint density at radius 1 is 0.233 bits per heavy atom. The minimum atomic E-state index is -2.98. The van der Waals surface area contributed by atoms with Crippen LogP contribution in [0.25, 0.3) is 0 Å². The lowest BCUT2D eigenvalue weighted by Crippen LogP contribution is -2.71. The summed E-state index contributed by atoms with van der Waals surface area (Å²) in [5.74, 6) is -5.13. The van der Waals surface area contributed by atoms with Gasteiger partial charge < -0.3 is 80.5 Å². The number of fused-ring (bicyclic) bond motifs is 20. The topological polar surface area (TPSA) is 258 Å². The monoisotopic (exact) mass is 1660 g/mol. The average Bonchev–Trinajstić information content (AvgIpc) is 1.54. The number of halogens is 8. The third-order valence-corrected chi connectivity index (χ3v) is 26.4. The van der Waals surface area contributed by atoms with Crippen molar-refractivity contribution in [1.29, 1.82) is 0 Å². The second-order valence-electron chi connectivity index (χ2n) is 32.5. The first kappa shape index (κ1) is 82.0. The fourth-order valence-corrected chi connectivity index (χ4v) is 20.7. The highest BCUT2D eigenvalue weighted by Gasteiger charge is 2.69. The van der Waals surface area contributed by atoms with Crippen LogP contribution in [0.5, 0.6) is 46.0 Å². The summed E-state index contributed by atoms with van der Waals surface area (Å²) >= 11 is 0. The van der Waals surface area contributed by atoms with Crippen LogP contribution in [-0.2, 0) is 0 Å². The van der Waals surface area contributed by atoms with Crippen LogP contribution < -0.4 is 118 Å². The third-order valence-electron chi connectivity index (χ3n) is 26.4. The van der Waals surface area contributed by atoms with Crippen molar-refractivity contribution in [3.63, 3.8) is 0 Å². The van der Waals surface area contributed by atoms with Crippen LogP contribution in [0.3, 0.4) is 0 Å². The summed E-state index contributed by atoms with van der Waals surface area (Å²) in [6.07, 6.45) is -32.4. The van der Waals surface area contributed by atoms with Gasteiger partial charge in [0, 0.05) is 93.0 Å². The highest BCUT2D eigenvalue weighted by atomic mass is 19.2. The van der Waals surface area contributed by atoms with Crippen molar-refractivity contribution in [2.45, 2.75) is 147 Å². The van der Waals surface area contributed by atoms with Crippen molar-refractivity contribution in [3.05, 3.63) is 194 Å². The zero-order chi connectivity index (χ0) is 83.3. The van der Waals surface area contributed by atoms with Crippen molar-refractivity contribution < 1.29 is 73.0 Å². The number of hydrazine groups is 1. The first-order valence-corrected chi connectivity index (χ1v) is 40.8. The second-order valence-corrected chi connectivity index (χ2v) is 32.5. The fraction of sp³-hybridized carbons (Fsp3) is 0.455. The van der Waals surface area contributed by atoms with Crippen LogP contribution in [0.4, 0.5) is 80.6 Å². The molecule has 32 heteroatoms. The number of hydrogen-bond acceptors (Lipinski definition) is 24. The molecule has 120 heavy (non-hydrogen) atoms. The number of methoxy groups -OCH3 is 8. The Hall–Kier alpha value is -10.3. The molecule has 15 N–H and O–H groups in total. The summed E-state index contributed by atoms with van der Waals surface area (Å²) in [5, 5.41) is 56.4. The van der Waals surface area contributed by atoms with Crippen molar-refractivity contribution in [2.24, 2.45) is 47.3 Å². The van der Waals surface area contributed by atoms with Crippen molar-refractivity contribution in [3.8, 4) is 46.0 Å². The van der Waals surface area contributed by atoms with Crippen LogP contribution in [0.2, 0.25) is 0 Å². The number of nitrogens with one attached hydrogen (secondary N) is 15. The van der Waals surface area contributed by atoms with Crippen LogP contribution in [-0.4, -0.2) is 203 Å². The van der Waals surface area contributed by atoms with Gasteiger partial charge in [0.1, 0.15) is 70.7 Å². The summed E-state index contributed by atoms with van der Waals surface area (Å²) in [6.45, 7) is 0. The van der Waals surface area contributed by atoms with E-state index in [2.05, 4.69) is 79.9 Å². The quantitative estimate of drug-likeness (QED) is 0.0251. The summed E-state index contributed by atoms with van der Waals surface area (Å²) in [7, 11) is 12.7. The van der Waals surface area contributed by atoms with Gasteiger partial charge in [-0.1, -0.05) is 0 Å². The zero-order valence-corrected chi connectivity index (χ0v) is 67.3. The Labute approximate surface area is 692 Å². The lowest BCUT2D eigenvalue weighted by Gasteiger charge is -2.53. The molecule has 0 amide bonds. The molecule has 8 aromatic rings. The molecule has 24 nitrogen and oxygen atoms in total. The fourth-order valence-electron chi connectivity index (χ4n) is 20.7. The Morgan fingerprint density at radius 3 is 0.725 bits per heavy atom. The van der Waals surface area contributed by atoms with Crippen LogP contribution in [0, 0.1) is 47.3 Å². The van der Waals surface area contributed by atoms with Crippen molar-refractivity contribution >= 4 is 45.5 Å². The molecular formula is C88H104F8N16O8. The molecule has 31 atom stereocenters. The molecule has 9 fully saturated rings. The summed E-state index contributed by atoms with van der Waals surface area (Å²) < 4.78 is 185. The van der Waals surface area contributed by atoms with Gasteiger partial charge in [0.15, 0.2) is 24.7 Å². The number of rotatable bonds is 24. The molecule has 8 bridgehead atoms. The molecule has 17 rings (SSSR count). The summed E-state index contributed by atoms with van der Waals surface area (Å²) in [5.41, 5.74) is 9.26. The maximum absolute atomic E-state index is 18.3. The molecule has 5 heterocycles.